The van der Waals surface area contributed by atoms with Gasteiger partial charge in [0.15, 0.2) is 0 Å². The van der Waals surface area contributed by atoms with Crippen LogP contribution in [0, 0.1) is 0 Å². The summed E-state index contributed by atoms with van der Waals surface area (Å²) in [6, 6.07) is 5.98. The summed E-state index contributed by atoms with van der Waals surface area (Å²) < 4.78 is 10.5. The molecule has 0 heterocycles. The number of nitrogens with one attached hydrogen (secondary N) is 1. The lowest BCUT2D eigenvalue weighted by atomic mass is 10.1. The summed E-state index contributed by atoms with van der Waals surface area (Å²) in [5.41, 5.74) is 6.63. The van der Waals surface area contributed by atoms with Gasteiger partial charge in [-0.2, -0.15) is 0 Å². The van der Waals surface area contributed by atoms with Gasteiger partial charge in [0.2, 0.25) is 0 Å². The lowest BCUT2D eigenvalue weighted by Crippen LogP contribution is -2.23. The predicted octanol–water partition coefficient (Wildman–Crippen LogP) is 1.18. The van der Waals surface area contributed by atoms with Gasteiger partial charge in [-0.1, -0.05) is 0 Å². The van der Waals surface area contributed by atoms with Gasteiger partial charge in [-0.25, -0.2) is 0 Å². The van der Waals surface area contributed by atoms with Crippen LogP contribution in [0.25, 0.3) is 0 Å². The molecule has 4 nitrogen and oxygen atoms in total. The molecule has 0 aromatic heterocycles. The quantitative estimate of drug-likeness (QED) is 0.668. The molecule has 1 rings (SSSR count). The molecule has 0 unspecified atom stereocenters. The Bertz CT molecular complexity index is 307. The lowest BCUT2D eigenvalue weighted by molar-refractivity contribution is 0.393. The highest BCUT2D eigenvalue weighted by atomic mass is 16.5. The minimum Gasteiger partial charge on any atom is -0.497 e. The fraction of sp³-hybridized carbons (Fsp3) is 0.538. The number of rotatable bonds is 8. The molecule has 0 amide bonds. The third-order valence-electron chi connectivity index (χ3n) is 2.55. The van der Waals surface area contributed by atoms with E-state index in [0.29, 0.717) is 6.54 Å². The molecule has 0 bridgehead atoms. The topological polar surface area (TPSA) is 56.5 Å². The zero-order chi connectivity index (χ0) is 12.5. The first-order chi connectivity index (χ1) is 8.30. The summed E-state index contributed by atoms with van der Waals surface area (Å²) in [7, 11) is 3.34. The van der Waals surface area contributed by atoms with E-state index in [9.17, 15) is 0 Å². The van der Waals surface area contributed by atoms with Crippen molar-refractivity contribution in [3.8, 4) is 11.5 Å². The van der Waals surface area contributed by atoms with Crippen LogP contribution in [0.4, 0.5) is 0 Å². The highest BCUT2D eigenvalue weighted by Crippen LogP contribution is 2.23. The molecule has 3 N–H and O–H groups in total. The SMILES string of the molecule is COc1cc(CCCNCCN)cc(OC)c1. The van der Waals surface area contributed by atoms with Crippen molar-refractivity contribution in [3.63, 3.8) is 0 Å². The first-order valence-electron chi connectivity index (χ1n) is 5.93. The van der Waals surface area contributed by atoms with Gasteiger partial charge in [0, 0.05) is 19.2 Å². The van der Waals surface area contributed by atoms with Crippen molar-refractivity contribution in [1.29, 1.82) is 0 Å². The van der Waals surface area contributed by atoms with Crippen LogP contribution in [0.2, 0.25) is 0 Å². The number of aryl methyl sites for hydroxylation is 1. The molecule has 4 heteroatoms. The van der Waals surface area contributed by atoms with Crippen molar-refractivity contribution < 1.29 is 9.47 Å². The summed E-state index contributed by atoms with van der Waals surface area (Å²) in [6.45, 7) is 2.55. The van der Waals surface area contributed by atoms with Gasteiger partial charge in [-0.15, -0.1) is 0 Å². The maximum absolute atomic E-state index is 5.40. The van der Waals surface area contributed by atoms with E-state index in [1.807, 2.05) is 18.2 Å². The van der Waals surface area contributed by atoms with Crippen molar-refractivity contribution in [3.05, 3.63) is 23.8 Å². The van der Waals surface area contributed by atoms with Crippen LogP contribution in [-0.4, -0.2) is 33.9 Å². The standard InChI is InChI=1S/C13H22N2O2/c1-16-12-8-11(9-13(10-12)17-2)4-3-6-15-7-5-14/h8-10,15H,3-7,14H2,1-2H3. The Morgan fingerprint density at radius 2 is 1.71 bits per heavy atom. The van der Waals surface area contributed by atoms with Gasteiger partial charge in [0.05, 0.1) is 14.2 Å². The average molecular weight is 238 g/mol. The molecule has 0 atom stereocenters. The molecular weight excluding hydrogens is 216 g/mol. The molecule has 1 aromatic carbocycles. The number of nitrogens with two attached hydrogens (primary N) is 1. The van der Waals surface area contributed by atoms with Gasteiger partial charge in [-0.3, -0.25) is 0 Å². The zero-order valence-corrected chi connectivity index (χ0v) is 10.7. The number of hydrogen-bond donors (Lipinski definition) is 2. The molecular formula is C13H22N2O2. The minimum atomic E-state index is 0.687. The summed E-state index contributed by atoms with van der Waals surface area (Å²) in [5, 5.41) is 3.28. The van der Waals surface area contributed by atoms with E-state index in [1.54, 1.807) is 14.2 Å². The zero-order valence-electron chi connectivity index (χ0n) is 10.7. The highest BCUT2D eigenvalue weighted by Gasteiger charge is 2.01. The molecule has 0 spiro atoms. The third-order valence-corrected chi connectivity index (χ3v) is 2.55. The average Bonchev–Trinajstić information content (AvgIpc) is 2.38. The Hall–Kier alpha value is -1.26. The second-order valence-corrected chi connectivity index (χ2v) is 3.86. The first kappa shape index (κ1) is 13.8. The summed E-state index contributed by atoms with van der Waals surface area (Å²) in [4.78, 5) is 0. The Morgan fingerprint density at radius 3 is 2.24 bits per heavy atom. The van der Waals surface area contributed by atoms with Gasteiger partial charge in [-0.05, 0) is 37.1 Å². The Balaban J connectivity index is 2.46. The van der Waals surface area contributed by atoms with Gasteiger partial charge in [0.25, 0.3) is 0 Å². The molecule has 0 fully saturated rings. The lowest BCUT2D eigenvalue weighted by Gasteiger charge is -2.08. The van der Waals surface area contributed by atoms with Gasteiger partial charge in [0.1, 0.15) is 11.5 Å². The Kier molecular flexibility index (Phi) is 6.43. The molecule has 0 aliphatic rings. The van der Waals surface area contributed by atoms with Crippen LogP contribution in [0.5, 0.6) is 11.5 Å². The maximum atomic E-state index is 5.40. The summed E-state index contributed by atoms with van der Waals surface area (Å²) in [6.07, 6.45) is 2.08. The monoisotopic (exact) mass is 238 g/mol. The first-order valence-corrected chi connectivity index (χ1v) is 5.93. The van der Waals surface area contributed by atoms with Crippen LogP contribution in [0.1, 0.15) is 12.0 Å². The van der Waals surface area contributed by atoms with Crippen LogP contribution in [-0.2, 0) is 6.42 Å². The fourth-order valence-corrected chi connectivity index (χ4v) is 1.66. The molecule has 0 aliphatic carbocycles. The molecule has 96 valence electrons. The van der Waals surface area contributed by atoms with Gasteiger partial charge < -0.3 is 20.5 Å². The van der Waals surface area contributed by atoms with Crippen LogP contribution in [0.15, 0.2) is 18.2 Å². The van der Waals surface area contributed by atoms with Crippen molar-refractivity contribution >= 4 is 0 Å². The van der Waals surface area contributed by atoms with Crippen molar-refractivity contribution in [2.75, 3.05) is 33.9 Å². The number of hydrogen-bond acceptors (Lipinski definition) is 4. The molecule has 17 heavy (non-hydrogen) atoms. The molecule has 0 radical (unpaired) electrons. The number of methoxy groups -OCH3 is 2. The number of ether oxygens (including phenoxy) is 2. The van der Waals surface area contributed by atoms with E-state index >= 15 is 0 Å². The smallest absolute Gasteiger partial charge is 0.122 e. The van der Waals surface area contributed by atoms with Crippen molar-refractivity contribution in [2.45, 2.75) is 12.8 Å². The number of benzene rings is 1. The van der Waals surface area contributed by atoms with Crippen LogP contribution >= 0.6 is 0 Å². The van der Waals surface area contributed by atoms with Crippen LogP contribution < -0.4 is 20.5 Å². The van der Waals surface area contributed by atoms with E-state index in [4.69, 9.17) is 15.2 Å². The van der Waals surface area contributed by atoms with E-state index < -0.39 is 0 Å². The summed E-state index contributed by atoms with van der Waals surface area (Å²) >= 11 is 0. The molecule has 0 saturated heterocycles. The van der Waals surface area contributed by atoms with E-state index in [0.717, 1.165) is 37.4 Å². The van der Waals surface area contributed by atoms with Gasteiger partial charge >= 0.3 is 0 Å². The Labute approximate surface area is 103 Å². The minimum absolute atomic E-state index is 0.687. The molecule has 0 saturated carbocycles. The van der Waals surface area contributed by atoms with Crippen molar-refractivity contribution in [2.24, 2.45) is 5.73 Å². The predicted molar refractivity (Wildman–Crippen MR) is 69.8 cm³/mol. The van der Waals surface area contributed by atoms with E-state index in [-0.39, 0.29) is 0 Å². The normalized spacial score (nSPS) is 10.3. The van der Waals surface area contributed by atoms with Crippen molar-refractivity contribution in [1.82, 2.24) is 5.32 Å². The highest BCUT2D eigenvalue weighted by molar-refractivity contribution is 5.38. The second-order valence-electron chi connectivity index (χ2n) is 3.86. The Morgan fingerprint density at radius 1 is 1.06 bits per heavy atom. The largest absolute Gasteiger partial charge is 0.497 e. The fourth-order valence-electron chi connectivity index (χ4n) is 1.66. The van der Waals surface area contributed by atoms with E-state index in [2.05, 4.69) is 5.32 Å². The second kappa shape index (κ2) is 7.92. The summed E-state index contributed by atoms with van der Waals surface area (Å²) in [5.74, 6) is 1.68. The maximum Gasteiger partial charge on any atom is 0.122 e. The van der Waals surface area contributed by atoms with E-state index in [1.165, 1.54) is 5.56 Å². The molecule has 0 aliphatic heterocycles. The van der Waals surface area contributed by atoms with Crippen LogP contribution in [0.3, 0.4) is 0 Å². The molecule has 1 aromatic rings. The third kappa shape index (κ3) is 5.06.